The van der Waals surface area contributed by atoms with E-state index in [2.05, 4.69) is 83.6 Å². The molecule has 0 radical (unpaired) electrons. The Morgan fingerprint density at radius 1 is 0.769 bits per heavy atom. The number of nitrogens with zero attached hydrogens (tertiary/aromatic N) is 2. The van der Waals surface area contributed by atoms with E-state index in [4.69, 9.17) is 0 Å². The molecule has 132 valence electrons. The van der Waals surface area contributed by atoms with Crippen molar-refractivity contribution < 1.29 is 4.68 Å². The van der Waals surface area contributed by atoms with E-state index in [-0.39, 0.29) is 0 Å². The number of anilines is 2. The van der Waals surface area contributed by atoms with Crippen LogP contribution in [0, 0.1) is 0 Å². The second-order valence-corrected chi connectivity index (χ2v) is 6.08. The maximum absolute atomic E-state index is 3.47. The molecule has 0 atom stereocenters. The van der Waals surface area contributed by atoms with Crippen LogP contribution in [0.3, 0.4) is 0 Å². The minimum atomic E-state index is 1.02. The minimum absolute atomic E-state index is 1.02. The third kappa shape index (κ3) is 4.51. The van der Waals surface area contributed by atoms with Crippen LogP contribution in [0.2, 0.25) is 0 Å². The van der Waals surface area contributed by atoms with Crippen molar-refractivity contribution >= 4 is 23.3 Å². The molecule has 0 aliphatic rings. The first kappa shape index (κ1) is 17.7. The first-order valence-corrected chi connectivity index (χ1v) is 9.16. The summed E-state index contributed by atoms with van der Waals surface area (Å²) in [6.45, 7) is 6.41. The summed E-state index contributed by atoms with van der Waals surface area (Å²) in [5, 5.41) is 0. The fourth-order valence-electron chi connectivity index (χ4n) is 2.92. The molecule has 3 heteroatoms. The third-order valence-corrected chi connectivity index (χ3v) is 4.36. The molecule has 3 aromatic rings. The van der Waals surface area contributed by atoms with E-state index < -0.39 is 0 Å². The number of hydrazone groups is 1. The summed E-state index contributed by atoms with van der Waals surface area (Å²) < 4.78 is 2.06. The van der Waals surface area contributed by atoms with Crippen LogP contribution in [0.25, 0.3) is 0 Å². The van der Waals surface area contributed by atoms with Crippen molar-refractivity contribution in [2.75, 3.05) is 23.4 Å². The smallest absolute Gasteiger partial charge is 0.235 e. The molecule has 3 nitrogen and oxygen atoms in total. The molecule has 0 fully saturated rings. The fourth-order valence-corrected chi connectivity index (χ4v) is 2.92. The van der Waals surface area contributed by atoms with Gasteiger partial charge >= 0.3 is 0 Å². The lowest BCUT2D eigenvalue weighted by molar-refractivity contribution is -0.398. The van der Waals surface area contributed by atoms with Gasteiger partial charge < -0.3 is 4.90 Å². The zero-order valence-corrected chi connectivity index (χ0v) is 15.5. The normalized spacial score (nSPS) is 11.2. The zero-order valence-electron chi connectivity index (χ0n) is 15.5. The van der Waals surface area contributed by atoms with E-state index in [0.717, 1.165) is 30.0 Å². The van der Waals surface area contributed by atoms with Gasteiger partial charge in [-0.1, -0.05) is 41.1 Å². The van der Waals surface area contributed by atoms with E-state index >= 15 is 0 Å². The van der Waals surface area contributed by atoms with Crippen molar-refractivity contribution in [3.8, 4) is 0 Å². The topological polar surface area (TPSA) is 18.3 Å². The summed E-state index contributed by atoms with van der Waals surface area (Å²) >= 11 is 0. The average molecular weight is 344 g/mol. The van der Waals surface area contributed by atoms with E-state index in [1.165, 1.54) is 5.69 Å². The lowest BCUT2D eigenvalue weighted by atomic mass is 10.2. The second-order valence-electron chi connectivity index (χ2n) is 6.08. The molecule has 0 aromatic heterocycles. The van der Waals surface area contributed by atoms with Gasteiger partial charge in [-0.2, -0.15) is 5.43 Å². The molecule has 0 saturated heterocycles. The van der Waals surface area contributed by atoms with Crippen LogP contribution >= 0.6 is 0 Å². The van der Waals surface area contributed by atoms with E-state index in [1.807, 2.05) is 36.4 Å². The van der Waals surface area contributed by atoms with Gasteiger partial charge in [0.05, 0.1) is 5.69 Å². The molecule has 0 bridgehead atoms. The predicted octanol–water partition coefficient (Wildman–Crippen LogP) is 5.32. The molecule has 0 spiro atoms. The lowest BCUT2D eigenvalue weighted by Gasteiger charge is -2.20. The van der Waals surface area contributed by atoms with Crippen molar-refractivity contribution in [2.24, 2.45) is 0 Å². The Kier molecular flexibility index (Phi) is 6.05. The Morgan fingerprint density at radius 2 is 1.35 bits per heavy atom. The lowest BCUT2D eigenvalue weighted by Crippen LogP contribution is -2.21. The predicted molar refractivity (Wildman–Crippen MR) is 112 cm³/mol. The van der Waals surface area contributed by atoms with Crippen LogP contribution < -0.4 is 10.3 Å². The molecular formula is C23H26N3+. The highest BCUT2D eigenvalue weighted by Crippen LogP contribution is 2.17. The molecule has 1 N–H and O–H groups in total. The zero-order chi connectivity index (χ0) is 18.2. The van der Waals surface area contributed by atoms with Gasteiger partial charge in [-0.15, -0.1) is 0 Å². The first-order chi connectivity index (χ1) is 12.8. The summed E-state index contributed by atoms with van der Waals surface area (Å²) in [5.74, 6) is 0. The fraction of sp³-hybridized carbons (Fsp3) is 0.174. The maximum Gasteiger partial charge on any atom is 0.235 e. The number of hydrazine groups is 1. The number of hydrogen-bond acceptors (Lipinski definition) is 2. The van der Waals surface area contributed by atoms with Crippen molar-refractivity contribution in [2.45, 2.75) is 13.8 Å². The molecule has 3 rings (SSSR count). The number of nitrogens with one attached hydrogen (secondary N) is 1. The number of benzene rings is 3. The standard InChI is InChI=1S/C23H26N3/c1-3-25(4-2)22-17-15-20(16-18-22)19-26(23-13-9-6-10-14-23)24-21-11-7-5-8-12-21/h5-19,24H,3-4H2,1-2H3/q+1. The molecule has 26 heavy (non-hydrogen) atoms. The molecule has 0 aliphatic heterocycles. The van der Waals surface area contributed by atoms with Gasteiger partial charge in [-0.25, -0.2) is 0 Å². The Hall–Kier alpha value is -3.07. The van der Waals surface area contributed by atoms with Gasteiger partial charge in [0.1, 0.15) is 0 Å². The summed E-state index contributed by atoms with van der Waals surface area (Å²) in [6.07, 6.45) is 2.12. The summed E-state index contributed by atoms with van der Waals surface area (Å²) in [4.78, 5) is 2.35. The number of para-hydroxylation sites is 2. The van der Waals surface area contributed by atoms with Gasteiger partial charge in [0, 0.05) is 36.5 Å². The Morgan fingerprint density at radius 3 is 1.92 bits per heavy atom. The molecule has 3 aromatic carbocycles. The van der Waals surface area contributed by atoms with E-state index in [0.29, 0.717) is 0 Å². The van der Waals surface area contributed by atoms with Gasteiger partial charge in [-0.05, 0) is 50.2 Å². The highest BCUT2D eigenvalue weighted by atomic mass is 15.4. The van der Waals surface area contributed by atoms with E-state index in [1.54, 1.807) is 0 Å². The van der Waals surface area contributed by atoms with Crippen LogP contribution in [0.5, 0.6) is 0 Å². The van der Waals surface area contributed by atoms with Crippen LogP contribution in [0.1, 0.15) is 19.4 Å². The van der Waals surface area contributed by atoms with Crippen LogP contribution in [-0.4, -0.2) is 24.0 Å². The summed E-state index contributed by atoms with van der Waals surface area (Å²) in [7, 11) is 0. The minimum Gasteiger partial charge on any atom is -0.372 e. The highest BCUT2D eigenvalue weighted by molar-refractivity contribution is 5.77. The van der Waals surface area contributed by atoms with Crippen molar-refractivity contribution in [1.82, 2.24) is 0 Å². The number of rotatable bonds is 7. The number of hydrogen-bond donors (Lipinski definition) is 1. The SMILES string of the molecule is CCN(CC)c1ccc(C=[N+](Nc2ccccc2)c2ccccc2)cc1. The molecule has 0 saturated carbocycles. The summed E-state index contributed by atoms with van der Waals surface area (Å²) in [5.41, 5.74) is 8.01. The van der Waals surface area contributed by atoms with Gasteiger partial charge in [0.25, 0.3) is 0 Å². The monoisotopic (exact) mass is 344 g/mol. The quantitative estimate of drug-likeness (QED) is 0.355. The molecule has 0 heterocycles. The molecular weight excluding hydrogens is 318 g/mol. The second kappa shape index (κ2) is 8.86. The third-order valence-electron chi connectivity index (χ3n) is 4.36. The summed E-state index contributed by atoms with van der Waals surface area (Å²) in [6, 6.07) is 29.2. The van der Waals surface area contributed by atoms with E-state index in [9.17, 15) is 0 Å². The van der Waals surface area contributed by atoms with Gasteiger partial charge in [0.15, 0.2) is 0 Å². The van der Waals surface area contributed by atoms with Crippen molar-refractivity contribution in [3.63, 3.8) is 0 Å². The van der Waals surface area contributed by atoms with Gasteiger partial charge in [-0.3, -0.25) is 0 Å². The average Bonchev–Trinajstić information content (AvgIpc) is 2.71. The van der Waals surface area contributed by atoms with Crippen molar-refractivity contribution in [3.05, 3.63) is 90.5 Å². The van der Waals surface area contributed by atoms with Crippen LogP contribution in [-0.2, 0) is 0 Å². The Bertz CT molecular complexity index is 820. The first-order valence-electron chi connectivity index (χ1n) is 9.16. The highest BCUT2D eigenvalue weighted by Gasteiger charge is 2.10. The van der Waals surface area contributed by atoms with Crippen LogP contribution in [0.4, 0.5) is 17.1 Å². The van der Waals surface area contributed by atoms with Crippen LogP contribution in [0.15, 0.2) is 84.9 Å². The largest absolute Gasteiger partial charge is 0.372 e. The Labute approximate surface area is 156 Å². The maximum atomic E-state index is 3.47. The Balaban J connectivity index is 1.91. The molecule has 0 aliphatic carbocycles. The molecule has 0 unspecified atom stereocenters. The molecule has 0 amide bonds. The van der Waals surface area contributed by atoms with Gasteiger partial charge in [0.2, 0.25) is 11.9 Å². The van der Waals surface area contributed by atoms with Crippen molar-refractivity contribution in [1.29, 1.82) is 0 Å².